The molecule has 8 heteroatoms. The molecule has 1 saturated heterocycles. The van der Waals surface area contributed by atoms with Crippen LogP contribution in [-0.4, -0.2) is 40.0 Å². The maximum atomic E-state index is 12.9. The van der Waals surface area contributed by atoms with Crippen molar-refractivity contribution in [2.75, 3.05) is 18.0 Å². The third-order valence-corrected chi connectivity index (χ3v) is 6.11. The number of carbonyl (C=O) groups is 1. The van der Waals surface area contributed by atoms with E-state index in [9.17, 15) is 4.79 Å². The molecule has 1 amide bonds. The molecule has 6 nitrogen and oxygen atoms in total. The molecule has 1 N–H and O–H groups in total. The van der Waals surface area contributed by atoms with Crippen LogP contribution in [0, 0.1) is 6.92 Å². The van der Waals surface area contributed by atoms with E-state index in [4.69, 9.17) is 11.6 Å². The minimum atomic E-state index is -0.0795. The number of piperidine rings is 1. The summed E-state index contributed by atoms with van der Waals surface area (Å²) in [5.41, 5.74) is 1.65. The van der Waals surface area contributed by atoms with E-state index in [1.54, 1.807) is 18.5 Å². The van der Waals surface area contributed by atoms with E-state index in [1.807, 2.05) is 31.2 Å². The molecule has 1 atom stereocenters. The van der Waals surface area contributed by atoms with Crippen LogP contribution in [0.1, 0.15) is 28.2 Å². The van der Waals surface area contributed by atoms with Gasteiger partial charge in [0.2, 0.25) is 5.95 Å². The van der Waals surface area contributed by atoms with Crippen molar-refractivity contribution in [3.63, 3.8) is 0 Å². The van der Waals surface area contributed by atoms with Crippen LogP contribution >= 0.6 is 22.9 Å². The summed E-state index contributed by atoms with van der Waals surface area (Å²) in [6.45, 7) is 3.47. The minimum absolute atomic E-state index is 0.0566. The van der Waals surface area contributed by atoms with E-state index in [0.29, 0.717) is 22.4 Å². The Hall–Kier alpha value is -2.51. The Morgan fingerprint density at radius 3 is 2.89 bits per heavy atom. The molecule has 0 radical (unpaired) electrons. The molecule has 2 aromatic heterocycles. The number of halogens is 1. The predicted molar refractivity (Wildman–Crippen MR) is 112 cm³/mol. The van der Waals surface area contributed by atoms with Gasteiger partial charge < -0.3 is 10.2 Å². The van der Waals surface area contributed by atoms with Crippen molar-refractivity contribution in [1.29, 1.82) is 0 Å². The highest BCUT2D eigenvalue weighted by Crippen LogP contribution is 2.29. The lowest BCUT2D eigenvalue weighted by Gasteiger charge is -2.33. The fourth-order valence-corrected chi connectivity index (χ4v) is 4.49. The molecule has 144 valence electrons. The normalized spacial score (nSPS) is 16.8. The van der Waals surface area contributed by atoms with Crippen LogP contribution in [0.4, 0.5) is 5.95 Å². The van der Waals surface area contributed by atoms with Gasteiger partial charge in [0.25, 0.3) is 5.91 Å². The van der Waals surface area contributed by atoms with Gasteiger partial charge >= 0.3 is 0 Å². The standard InChI is InChI=1S/C20H20ClN5OS/c1-13-17(28-19(24-13)14-5-2-6-15(21)11-14)18(27)25-16-7-3-10-26(12-16)20-22-8-4-9-23-20/h2,4-6,8-9,11,16H,3,7,10,12H2,1H3,(H,25,27). The van der Waals surface area contributed by atoms with Crippen molar-refractivity contribution in [1.82, 2.24) is 20.3 Å². The molecular formula is C20H20ClN5OS. The summed E-state index contributed by atoms with van der Waals surface area (Å²) < 4.78 is 0. The number of aromatic nitrogens is 3. The number of thiazole rings is 1. The summed E-state index contributed by atoms with van der Waals surface area (Å²) >= 11 is 7.47. The predicted octanol–water partition coefficient (Wildman–Crippen LogP) is 3.96. The van der Waals surface area contributed by atoms with Gasteiger partial charge in [0, 0.05) is 42.1 Å². The number of nitrogens with zero attached hydrogens (tertiary/aromatic N) is 4. The van der Waals surface area contributed by atoms with Gasteiger partial charge in [-0.25, -0.2) is 15.0 Å². The Morgan fingerprint density at radius 2 is 2.11 bits per heavy atom. The van der Waals surface area contributed by atoms with Crippen molar-refractivity contribution in [2.45, 2.75) is 25.8 Å². The SMILES string of the molecule is Cc1nc(-c2cccc(Cl)c2)sc1C(=O)NC1CCCN(c2ncccn2)C1. The second-order valence-corrected chi connectivity index (χ2v) is 8.19. The van der Waals surface area contributed by atoms with Gasteiger partial charge in [0.05, 0.1) is 5.69 Å². The van der Waals surface area contributed by atoms with Crippen LogP contribution < -0.4 is 10.2 Å². The first-order valence-corrected chi connectivity index (χ1v) is 10.4. The first-order valence-electron chi connectivity index (χ1n) is 9.16. The Kier molecular flexibility index (Phi) is 5.54. The number of hydrogen-bond donors (Lipinski definition) is 1. The smallest absolute Gasteiger partial charge is 0.263 e. The number of benzene rings is 1. The molecule has 3 heterocycles. The maximum absolute atomic E-state index is 12.9. The zero-order valence-electron chi connectivity index (χ0n) is 15.4. The molecule has 3 aromatic rings. The van der Waals surface area contributed by atoms with Crippen LogP contribution in [0.25, 0.3) is 10.6 Å². The Morgan fingerprint density at radius 1 is 1.29 bits per heavy atom. The Balaban J connectivity index is 1.46. The first-order chi connectivity index (χ1) is 13.6. The molecule has 0 saturated carbocycles. The monoisotopic (exact) mass is 413 g/mol. The molecule has 1 aliphatic heterocycles. The number of carbonyl (C=O) groups excluding carboxylic acids is 1. The summed E-state index contributed by atoms with van der Waals surface area (Å²) in [7, 11) is 0. The van der Waals surface area contributed by atoms with Crippen molar-refractivity contribution < 1.29 is 4.79 Å². The number of anilines is 1. The summed E-state index contributed by atoms with van der Waals surface area (Å²) in [6, 6.07) is 9.38. The second-order valence-electron chi connectivity index (χ2n) is 6.75. The van der Waals surface area contributed by atoms with Crippen LogP contribution in [0.5, 0.6) is 0 Å². The highest BCUT2D eigenvalue weighted by molar-refractivity contribution is 7.17. The third-order valence-electron chi connectivity index (χ3n) is 4.67. The highest BCUT2D eigenvalue weighted by Gasteiger charge is 2.25. The largest absolute Gasteiger partial charge is 0.347 e. The van der Waals surface area contributed by atoms with Crippen LogP contribution in [0.3, 0.4) is 0 Å². The molecule has 4 rings (SSSR count). The average molecular weight is 414 g/mol. The summed E-state index contributed by atoms with van der Waals surface area (Å²) in [4.78, 5) is 28.8. The van der Waals surface area contributed by atoms with E-state index < -0.39 is 0 Å². The number of rotatable bonds is 4. The van der Waals surface area contributed by atoms with Crippen molar-refractivity contribution >= 4 is 34.8 Å². The summed E-state index contributed by atoms with van der Waals surface area (Å²) in [6.07, 6.45) is 5.40. The van der Waals surface area contributed by atoms with Gasteiger partial charge in [-0.3, -0.25) is 4.79 Å². The van der Waals surface area contributed by atoms with Gasteiger partial charge in [-0.1, -0.05) is 23.7 Å². The molecule has 1 aliphatic rings. The second kappa shape index (κ2) is 8.24. The van der Waals surface area contributed by atoms with Crippen LogP contribution in [0.15, 0.2) is 42.7 Å². The van der Waals surface area contributed by atoms with E-state index in [1.165, 1.54) is 11.3 Å². The number of hydrogen-bond acceptors (Lipinski definition) is 6. The molecule has 0 aliphatic carbocycles. The topological polar surface area (TPSA) is 71.0 Å². The fourth-order valence-electron chi connectivity index (χ4n) is 3.33. The molecule has 1 fully saturated rings. The number of aryl methyl sites for hydroxylation is 1. The Bertz CT molecular complexity index is 978. The molecule has 28 heavy (non-hydrogen) atoms. The van der Waals surface area contributed by atoms with Crippen molar-refractivity contribution in [3.05, 3.63) is 58.3 Å². The van der Waals surface area contributed by atoms with Gasteiger partial charge in [-0.15, -0.1) is 11.3 Å². The van der Waals surface area contributed by atoms with Crippen molar-refractivity contribution in [3.8, 4) is 10.6 Å². The zero-order valence-corrected chi connectivity index (χ0v) is 17.0. The number of nitrogens with one attached hydrogen (secondary N) is 1. The maximum Gasteiger partial charge on any atom is 0.263 e. The lowest BCUT2D eigenvalue weighted by molar-refractivity contribution is 0.0936. The van der Waals surface area contributed by atoms with Gasteiger partial charge in [0.15, 0.2) is 0 Å². The molecular weight excluding hydrogens is 394 g/mol. The number of amides is 1. The first kappa shape index (κ1) is 18.8. The Labute approximate surface area is 172 Å². The van der Waals surface area contributed by atoms with E-state index in [2.05, 4.69) is 25.2 Å². The van der Waals surface area contributed by atoms with Gasteiger partial charge in [-0.2, -0.15) is 0 Å². The van der Waals surface area contributed by atoms with Crippen LogP contribution in [0.2, 0.25) is 5.02 Å². The summed E-state index contributed by atoms with van der Waals surface area (Å²) in [5, 5.41) is 4.61. The van der Waals surface area contributed by atoms with E-state index in [0.717, 1.165) is 35.7 Å². The zero-order chi connectivity index (χ0) is 19.5. The lowest BCUT2D eigenvalue weighted by Crippen LogP contribution is -2.48. The third kappa shape index (κ3) is 4.15. The molecule has 0 bridgehead atoms. The van der Waals surface area contributed by atoms with E-state index >= 15 is 0 Å². The molecule has 1 unspecified atom stereocenters. The average Bonchev–Trinajstić information content (AvgIpc) is 3.11. The molecule has 1 aromatic carbocycles. The van der Waals surface area contributed by atoms with Crippen molar-refractivity contribution in [2.24, 2.45) is 0 Å². The summed E-state index contributed by atoms with van der Waals surface area (Å²) in [5.74, 6) is 0.628. The lowest BCUT2D eigenvalue weighted by atomic mass is 10.1. The van der Waals surface area contributed by atoms with Crippen LogP contribution in [-0.2, 0) is 0 Å². The quantitative estimate of drug-likeness (QED) is 0.700. The van der Waals surface area contributed by atoms with E-state index in [-0.39, 0.29) is 11.9 Å². The fraction of sp³-hybridized carbons (Fsp3) is 0.300. The van der Waals surface area contributed by atoms with Gasteiger partial charge in [0.1, 0.15) is 9.88 Å². The molecule has 0 spiro atoms. The van der Waals surface area contributed by atoms with Gasteiger partial charge in [-0.05, 0) is 38.0 Å². The minimum Gasteiger partial charge on any atom is -0.347 e. The highest BCUT2D eigenvalue weighted by atomic mass is 35.5.